The molecule has 106 valence electrons. The number of carbonyl (C=O) groups is 3. The number of hydrogen-bond acceptors (Lipinski definition) is 4. The van der Waals surface area contributed by atoms with Gasteiger partial charge in [-0.05, 0) is 30.7 Å². The fraction of sp³-hybridized carbons (Fsp3) is 0.308. The summed E-state index contributed by atoms with van der Waals surface area (Å²) in [6, 6.07) is 6.44. The van der Waals surface area contributed by atoms with E-state index < -0.39 is 23.9 Å². The fourth-order valence-corrected chi connectivity index (χ4v) is 1.80. The lowest BCUT2D eigenvalue weighted by molar-refractivity contribution is -0.139. The Morgan fingerprint density at radius 3 is 2.10 bits per heavy atom. The predicted molar refractivity (Wildman–Crippen MR) is 70.3 cm³/mol. The second kappa shape index (κ2) is 5.60. The van der Waals surface area contributed by atoms with Gasteiger partial charge in [0.25, 0.3) is 0 Å². The molecule has 1 saturated carbocycles. The molecular weight excluding hydrogens is 264 g/mol. The van der Waals surface area contributed by atoms with Gasteiger partial charge in [-0.25, -0.2) is 4.79 Å². The lowest BCUT2D eigenvalue weighted by Gasteiger charge is -2.07. The molecule has 1 aliphatic rings. The van der Waals surface area contributed by atoms with Gasteiger partial charge in [0.2, 0.25) is 5.91 Å². The summed E-state index contributed by atoms with van der Waals surface area (Å²) in [6.45, 7) is 0. The van der Waals surface area contributed by atoms with Crippen molar-refractivity contribution in [1.82, 2.24) is 0 Å². The monoisotopic (exact) mass is 278 g/mol. The van der Waals surface area contributed by atoms with Crippen LogP contribution in [0, 0.1) is 11.8 Å². The third kappa shape index (κ3) is 3.25. The van der Waals surface area contributed by atoms with Crippen molar-refractivity contribution < 1.29 is 24.2 Å². The highest BCUT2D eigenvalue weighted by atomic mass is 16.5. The maximum absolute atomic E-state index is 11.7. The number of hydrogen-bond donors (Lipinski definition) is 3. The molecule has 2 rings (SSSR count). The Hall–Kier alpha value is -2.57. The van der Waals surface area contributed by atoms with Crippen LogP contribution in [0.25, 0.3) is 0 Å². The van der Waals surface area contributed by atoms with Crippen molar-refractivity contribution in [2.75, 3.05) is 17.7 Å². The number of ether oxygens (including phenoxy) is 1. The van der Waals surface area contributed by atoms with Crippen molar-refractivity contribution in [2.45, 2.75) is 6.42 Å². The molecule has 1 fully saturated rings. The van der Waals surface area contributed by atoms with Crippen molar-refractivity contribution in [3.8, 4) is 0 Å². The molecule has 0 heterocycles. The van der Waals surface area contributed by atoms with Crippen LogP contribution in [0.3, 0.4) is 0 Å². The third-order valence-electron chi connectivity index (χ3n) is 3.03. The van der Waals surface area contributed by atoms with Gasteiger partial charge in [-0.1, -0.05) is 0 Å². The molecule has 3 N–H and O–H groups in total. The van der Waals surface area contributed by atoms with Crippen molar-refractivity contribution in [2.24, 2.45) is 11.8 Å². The Labute approximate surface area is 114 Å². The number of rotatable bonds is 4. The first-order chi connectivity index (χ1) is 9.51. The SMILES string of the molecule is COC(=O)Nc1ccc(NC(=O)[C@@H]2C[C@@H]2C(=O)O)cc1. The number of aliphatic carboxylic acids is 1. The summed E-state index contributed by atoms with van der Waals surface area (Å²) >= 11 is 0. The Morgan fingerprint density at radius 1 is 1.10 bits per heavy atom. The fourth-order valence-electron chi connectivity index (χ4n) is 1.80. The van der Waals surface area contributed by atoms with E-state index in [-0.39, 0.29) is 5.91 Å². The van der Waals surface area contributed by atoms with E-state index in [0.29, 0.717) is 17.8 Å². The van der Waals surface area contributed by atoms with Gasteiger partial charge in [0.05, 0.1) is 18.9 Å². The highest BCUT2D eigenvalue weighted by Crippen LogP contribution is 2.39. The second-order valence-corrected chi connectivity index (χ2v) is 4.47. The number of benzene rings is 1. The van der Waals surface area contributed by atoms with Crippen LogP contribution in [-0.4, -0.2) is 30.2 Å². The van der Waals surface area contributed by atoms with Crippen LogP contribution in [-0.2, 0) is 14.3 Å². The molecule has 20 heavy (non-hydrogen) atoms. The average molecular weight is 278 g/mol. The molecule has 2 atom stereocenters. The molecule has 1 aliphatic carbocycles. The predicted octanol–water partition coefficient (Wildman–Crippen LogP) is 1.52. The third-order valence-corrected chi connectivity index (χ3v) is 3.03. The van der Waals surface area contributed by atoms with Gasteiger partial charge in [0.1, 0.15) is 0 Å². The van der Waals surface area contributed by atoms with Gasteiger partial charge in [0.15, 0.2) is 0 Å². The topological polar surface area (TPSA) is 105 Å². The lowest BCUT2D eigenvalue weighted by atomic mass is 10.2. The maximum Gasteiger partial charge on any atom is 0.411 e. The largest absolute Gasteiger partial charge is 0.481 e. The van der Waals surface area contributed by atoms with Crippen molar-refractivity contribution in [3.63, 3.8) is 0 Å². The first-order valence-electron chi connectivity index (χ1n) is 6.00. The average Bonchev–Trinajstić information content (AvgIpc) is 3.21. The van der Waals surface area contributed by atoms with Gasteiger partial charge >= 0.3 is 12.1 Å². The molecule has 0 aromatic heterocycles. The number of amides is 2. The minimum absolute atomic E-state index is 0.300. The maximum atomic E-state index is 11.7. The van der Waals surface area contributed by atoms with E-state index in [1.165, 1.54) is 7.11 Å². The van der Waals surface area contributed by atoms with Crippen LogP contribution < -0.4 is 10.6 Å². The smallest absolute Gasteiger partial charge is 0.411 e. The molecule has 0 saturated heterocycles. The summed E-state index contributed by atoms with van der Waals surface area (Å²) < 4.78 is 4.45. The Morgan fingerprint density at radius 2 is 1.65 bits per heavy atom. The summed E-state index contributed by atoms with van der Waals surface area (Å²) in [6.07, 6.45) is -0.201. The molecular formula is C13H14N2O5. The van der Waals surface area contributed by atoms with E-state index in [1.54, 1.807) is 24.3 Å². The zero-order valence-corrected chi connectivity index (χ0v) is 10.8. The van der Waals surface area contributed by atoms with Crippen LogP contribution in [0.15, 0.2) is 24.3 Å². The van der Waals surface area contributed by atoms with Gasteiger partial charge in [-0.3, -0.25) is 14.9 Å². The number of anilines is 2. The highest BCUT2D eigenvalue weighted by Gasteiger charge is 2.48. The van der Waals surface area contributed by atoms with E-state index in [1.807, 2.05) is 0 Å². The Bertz CT molecular complexity index is 540. The van der Waals surface area contributed by atoms with Crippen molar-refractivity contribution in [3.05, 3.63) is 24.3 Å². The Kier molecular flexibility index (Phi) is 3.88. The van der Waals surface area contributed by atoms with Crippen LogP contribution in [0.5, 0.6) is 0 Å². The van der Waals surface area contributed by atoms with E-state index >= 15 is 0 Å². The van der Waals surface area contributed by atoms with Gasteiger partial charge in [0, 0.05) is 11.4 Å². The van der Waals surface area contributed by atoms with E-state index in [2.05, 4.69) is 15.4 Å². The first kappa shape index (κ1) is 13.9. The number of carboxylic acids is 1. The van der Waals surface area contributed by atoms with Crippen LogP contribution in [0.4, 0.5) is 16.2 Å². The first-order valence-corrected chi connectivity index (χ1v) is 6.00. The number of carbonyl (C=O) groups excluding carboxylic acids is 2. The molecule has 2 amide bonds. The zero-order valence-electron chi connectivity index (χ0n) is 10.8. The summed E-state index contributed by atoms with van der Waals surface area (Å²) in [4.78, 5) is 33.4. The summed E-state index contributed by atoms with van der Waals surface area (Å²) in [7, 11) is 1.26. The van der Waals surface area contributed by atoms with E-state index in [0.717, 1.165) is 0 Å². The molecule has 7 heteroatoms. The Balaban J connectivity index is 1.89. The number of methoxy groups -OCH3 is 1. The minimum atomic E-state index is -0.942. The summed E-state index contributed by atoms with van der Waals surface area (Å²) in [5, 5.41) is 13.9. The number of carboxylic acid groups (broad SMARTS) is 1. The van der Waals surface area contributed by atoms with Gasteiger partial charge in [-0.15, -0.1) is 0 Å². The second-order valence-electron chi connectivity index (χ2n) is 4.47. The molecule has 0 unspecified atom stereocenters. The zero-order chi connectivity index (χ0) is 14.7. The molecule has 0 radical (unpaired) electrons. The summed E-state index contributed by atoms with van der Waals surface area (Å²) in [5.41, 5.74) is 1.08. The van der Waals surface area contributed by atoms with E-state index in [9.17, 15) is 14.4 Å². The molecule has 0 aliphatic heterocycles. The molecule has 0 bridgehead atoms. The molecule has 7 nitrogen and oxygen atoms in total. The van der Waals surface area contributed by atoms with Crippen molar-refractivity contribution in [1.29, 1.82) is 0 Å². The van der Waals surface area contributed by atoms with Crippen molar-refractivity contribution >= 4 is 29.3 Å². The van der Waals surface area contributed by atoms with Crippen LogP contribution >= 0.6 is 0 Å². The normalized spacial score (nSPS) is 19.9. The van der Waals surface area contributed by atoms with Gasteiger partial charge in [-0.2, -0.15) is 0 Å². The molecule has 1 aromatic carbocycles. The number of nitrogens with one attached hydrogen (secondary N) is 2. The standard InChI is InChI=1S/C13H14N2O5/c1-20-13(19)15-8-4-2-7(3-5-8)14-11(16)9-6-10(9)12(17)18/h2-5,9-10H,6H2,1H3,(H,14,16)(H,15,19)(H,17,18)/t9-,10+/m1/s1. The lowest BCUT2D eigenvalue weighted by Crippen LogP contribution is -2.17. The van der Waals surface area contributed by atoms with Gasteiger partial charge < -0.3 is 15.2 Å². The van der Waals surface area contributed by atoms with Crippen LogP contribution in [0.2, 0.25) is 0 Å². The highest BCUT2D eigenvalue weighted by molar-refractivity contribution is 5.98. The van der Waals surface area contributed by atoms with Crippen LogP contribution in [0.1, 0.15) is 6.42 Å². The molecule has 1 aromatic rings. The van der Waals surface area contributed by atoms with E-state index in [4.69, 9.17) is 5.11 Å². The summed E-state index contributed by atoms with van der Waals surface area (Å²) in [5.74, 6) is -2.27. The minimum Gasteiger partial charge on any atom is -0.481 e. The molecule has 0 spiro atoms. The quantitative estimate of drug-likeness (QED) is 0.774.